The van der Waals surface area contributed by atoms with Gasteiger partial charge in [-0.3, -0.25) is 0 Å². The maximum absolute atomic E-state index is 2.38. The topological polar surface area (TPSA) is 0 Å². The zero-order chi connectivity index (χ0) is 6.69. The Morgan fingerprint density at radius 3 is 2.44 bits per heavy atom. The normalized spacial score (nSPS) is 36.7. The Hall–Kier alpha value is 0.700. The molecule has 0 aromatic heterocycles. The highest BCUT2D eigenvalue weighted by Crippen LogP contribution is 2.37. The minimum Gasteiger partial charge on any atom is -0.0939 e. The molecule has 0 N–H and O–H groups in total. The highest BCUT2D eigenvalue weighted by Gasteiger charge is 2.19. The van der Waals surface area contributed by atoms with Gasteiger partial charge in [0.25, 0.3) is 0 Å². The molecule has 2 atom stereocenters. The van der Waals surface area contributed by atoms with E-state index < -0.39 is 0 Å². The Morgan fingerprint density at radius 1 is 1.33 bits per heavy atom. The Kier molecular flexibility index (Phi) is 3.27. The van der Waals surface area contributed by atoms with E-state index in [1.807, 2.05) is 21.6 Å². The molecule has 0 nitrogen and oxygen atoms in total. The lowest BCUT2D eigenvalue weighted by molar-refractivity contribution is 0.420. The molecule has 0 aromatic carbocycles. The van der Waals surface area contributed by atoms with Crippen LogP contribution in [0.1, 0.15) is 20.3 Å². The predicted molar refractivity (Wildman–Crippen MR) is 47.9 cm³/mol. The fourth-order valence-electron chi connectivity index (χ4n) is 1.11. The van der Waals surface area contributed by atoms with Gasteiger partial charge in [-0.2, -0.15) is 0 Å². The van der Waals surface area contributed by atoms with E-state index in [1.165, 1.54) is 17.9 Å². The summed E-state index contributed by atoms with van der Waals surface area (Å²) in [6.45, 7) is 4.68. The molecule has 2 unspecified atom stereocenters. The summed E-state index contributed by atoms with van der Waals surface area (Å²) in [5.41, 5.74) is 0. The molecule has 0 bridgehead atoms. The second-order valence-corrected chi connectivity index (χ2v) is 5.27. The fourth-order valence-corrected chi connectivity index (χ4v) is 4.28. The monoisotopic (exact) mass is 162 g/mol. The Bertz CT molecular complexity index is 83.0. The maximum Gasteiger partial charge on any atom is 0.00680 e. The molecule has 1 heterocycles. The molecule has 1 saturated heterocycles. The summed E-state index contributed by atoms with van der Waals surface area (Å²) in [4.78, 5) is 0. The highest BCUT2D eigenvalue weighted by molar-refractivity contribution is 8.76. The van der Waals surface area contributed by atoms with E-state index in [1.54, 1.807) is 0 Å². The largest absolute Gasteiger partial charge is 0.0939 e. The maximum atomic E-state index is 2.38. The number of rotatable bonds is 1. The molecule has 1 aliphatic heterocycles. The van der Waals surface area contributed by atoms with E-state index in [2.05, 4.69) is 13.8 Å². The Labute approximate surface area is 65.6 Å². The first-order valence-corrected chi connectivity index (χ1v) is 6.07. The molecule has 9 heavy (non-hydrogen) atoms. The smallest absolute Gasteiger partial charge is 0.00680 e. The van der Waals surface area contributed by atoms with E-state index in [-0.39, 0.29) is 0 Å². The molecule has 0 spiro atoms. The van der Waals surface area contributed by atoms with E-state index in [9.17, 15) is 0 Å². The van der Waals surface area contributed by atoms with Gasteiger partial charge in [0, 0.05) is 11.5 Å². The van der Waals surface area contributed by atoms with Gasteiger partial charge >= 0.3 is 0 Å². The summed E-state index contributed by atoms with van der Waals surface area (Å²) in [6.07, 6.45) is 1.37. The molecule has 54 valence electrons. The van der Waals surface area contributed by atoms with Gasteiger partial charge in [0.1, 0.15) is 0 Å². The van der Waals surface area contributed by atoms with Crippen molar-refractivity contribution >= 4 is 21.6 Å². The van der Waals surface area contributed by atoms with Crippen LogP contribution < -0.4 is 0 Å². The number of hydrogen-bond donors (Lipinski definition) is 0. The minimum atomic E-state index is 0.959. The zero-order valence-electron chi connectivity index (χ0n) is 6.09. The van der Waals surface area contributed by atoms with Crippen LogP contribution in [-0.2, 0) is 0 Å². The molecule has 0 amide bonds. The van der Waals surface area contributed by atoms with Crippen molar-refractivity contribution in [1.82, 2.24) is 0 Å². The van der Waals surface area contributed by atoms with Crippen LogP contribution in [0.3, 0.4) is 0 Å². The lowest BCUT2D eigenvalue weighted by Gasteiger charge is -2.26. The quantitative estimate of drug-likeness (QED) is 0.544. The first-order chi connectivity index (χ1) is 4.34. The van der Waals surface area contributed by atoms with Crippen LogP contribution in [0.5, 0.6) is 0 Å². The van der Waals surface area contributed by atoms with E-state index in [0.717, 1.165) is 11.8 Å². The highest BCUT2D eigenvalue weighted by atomic mass is 33.1. The van der Waals surface area contributed by atoms with Gasteiger partial charge in [-0.15, -0.1) is 0 Å². The van der Waals surface area contributed by atoms with Gasteiger partial charge in [-0.1, -0.05) is 41.9 Å². The molecular weight excluding hydrogens is 148 g/mol. The van der Waals surface area contributed by atoms with Crippen molar-refractivity contribution in [3.63, 3.8) is 0 Å². The fraction of sp³-hybridized carbons (Fsp3) is 1.00. The van der Waals surface area contributed by atoms with Crippen molar-refractivity contribution in [1.29, 1.82) is 0 Å². The van der Waals surface area contributed by atoms with Crippen LogP contribution >= 0.6 is 21.6 Å². The molecule has 1 rings (SSSR count). The van der Waals surface area contributed by atoms with Crippen molar-refractivity contribution in [2.75, 3.05) is 11.5 Å². The molecule has 2 heteroatoms. The van der Waals surface area contributed by atoms with E-state index in [4.69, 9.17) is 0 Å². The molecule has 0 aromatic rings. The van der Waals surface area contributed by atoms with Crippen LogP contribution in [0.2, 0.25) is 0 Å². The SMILES string of the molecule is CCC1CSSCC1C. The standard InChI is InChI=1S/C7H14S2/c1-3-7-5-9-8-4-6(7)2/h6-7H,3-5H2,1-2H3. The predicted octanol–water partition coefficient (Wildman–Crippen LogP) is 3.04. The first-order valence-electron chi connectivity index (χ1n) is 3.59. The summed E-state index contributed by atoms with van der Waals surface area (Å²) in [5.74, 6) is 4.70. The summed E-state index contributed by atoms with van der Waals surface area (Å²) in [5, 5.41) is 0. The minimum absolute atomic E-state index is 0.959. The van der Waals surface area contributed by atoms with Crippen molar-refractivity contribution in [2.45, 2.75) is 20.3 Å². The summed E-state index contributed by atoms with van der Waals surface area (Å²) in [6, 6.07) is 0. The van der Waals surface area contributed by atoms with Crippen LogP contribution in [0.15, 0.2) is 0 Å². The average Bonchev–Trinajstić information content (AvgIpc) is 1.89. The third-order valence-electron chi connectivity index (χ3n) is 2.03. The molecule has 1 fully saturated rings. The Balaban J connectivity index is 2.30. The molecule has 0 saturated carbocycles. The lowest BCUT2D eigenvalue weighted by Crippen LogP contribution is -2.18. The van der Waals surface area contributed by atoms with E-state index >= 15 is 0 Å². The van der Waals surface area contributed by atoms with Gasteiger partial charge in [0.15, 0.2) is 0 Å². The Morgan fingerprint density at radius 2 is 2.00 bits per heavy atom. The lowest BCUT2D eigenvalue weighted by atomic mass is 9.95. The molecule has 1 aliphatic rings. The van der Waals surface area contributed by atoms with Crippen molar-refractivity contribution in [3.05, 3.63) is 0 Å². The van der Waals surface area contributed by atoms with Crippen LogP contribution in [0.4, 0.5) is 0 Å². The van der Waals surface area contributed by atoms with Crippen LogP contribution in [-0.4, -0.2) is 11.5 Å². The van der Waals surface area contributed by atoms with Crippen molar-refractivity contribution < 1.29 is 0 Å². The number of hydrogen-bond acceptors (Lipinski definition) is 2. The molecule has 0 aliphatic carbocycles. The summed E-state index contributed by atoms with van der Waals surface area (Å²) < 4.78 is 0. The third-order valence-corrected chi connectivity index (χ3v) is 4.73. The second kappa shape index (κ2) is 3.77. The van der Waals surface area contributed by atoms with Gasteiger partial charge in [-0.05, 0) is 11.8 Å². The van der Waals surface area contributed by atoms with E-state index in [0.29, 0.717) is 0 Å². The molecule has 0 radical (unpaired) electrons. The van der Waals surface area contributed by atoms with Gasteiger partial charge < -0.3 is 0 Å². The van der Waals surface area contributed by atoms with Crippen molar-refractivity contribution in [2.24, 2.45) is 11.8 Å². The molecular formula is C7H14S2. The van der Waals surface area contributed by atoms with Crippen LogP contribution in [0.25, 0.3) is 0 Å². The zero-order valence-corrected chi connectivity index (χ0v) is 7.73. The average molecular weight is 162 g/mol. The van der Waals surface area contributed by atoms with Gasteiger partial charge in [-0.25, -0.2) is 0 Å². The second-order valence-electron chi connectivity index (χ2n) is 2.71. The first kappa shape index (κ1) is 7.80. The summed E-state index contributed by atoms with van der Waals surface area (Å²) in [7, 11) is 4.09. The van der Waals surface area contributed by atoms with Gasteiger partial charge in [0.05, 0.1) is 0 Å². The van der Waals surface area contributed by atoms with Crippen molar-refractivity contribution in [3.8, 4) is 0 Å². The van der Waals surface area contributed by atoms with Crippen LogP contribution in [0, 0.1) is 11.8 Å². The van der Waals surface area contributed by atoms with Gasteiger partial charge in [0.2, 0.25) is 0 Å². The third kappa shape index (κ3) is 2.08. The summed E-state index contributed by atoms with van der Waals surface area (Å²) >= 11 is 0.